The van der Waals surface area contributed by atoms with Crippen LogP contribution >= 0.6 is 0 Å². The maximum atomic E-state index is 4.37. The van der Waals surface area contributed by atoms with Crippen molar-refractivity contribution in [2.24, 2.45) is 7.05 Å². The molecule has 3 nitrogen and oxygen atoms in total. The molecule has 1 aromatic heterocycles. The maximum absolute atomic E-state index is 4.37. The number of hydrogen-bond acceptors (Lipinski definition) is 2. The lowest BCUT2D eigenvalue weighted by atomic mass is 10.1. The maximum Gasteiger partial charge on any atom is 0.155 e. The molecular formula is C12H19N3. The molecule has 0 radical (unpaired) electrons. The van der Waals surface area contributed by atoms with Crippen LogP contribution in [0, 0.1) is 6.92 Å². The van der Waals surface area contributed by atoms with Crippen molar-refractivity contribution in [2.75, 3.05) is 12.4 Å². The Morgan fingerprint density at radius 1 is 1.27 bits per heavy atom. The van der Waals surface area contributed by atoms with Gasteiger partial charge in [-0.3, -0.25) is 4.68 Å². The van der Waals surface area contributed by atoms with E-state index in [4.69, 9.17) is 0 Å². The molecule has 0 amide bonds. The molecule has 1 heterocycles. The number of benzene rings is 1. The number of hydrogen-bond donors (Lipinski definition) is 1. The number of aryl methyl sites for hydroxylation is 2. The minimum atomic E-state index is 0.946. The molecule has 0 unspecified atom stereocenters. The average molecular weight is 205 g/mol. The average Bonchev–Trinajstić information content (AvgIpc) is 2.60. The van der Waals surface area contributed by atoms with Crippen LogP contribution in [-0.2, 0) is 7.05 Å². The first-order chi connectivity index (χ1) is 7.24. The molecule has 0 fully saturated rings. The van der Waals surface area contributed by atoms with Gasteiger partial charge in [0.1, 0.15) is 0 Å². The van der Waals surface area contributed by atoms with E-state index in [0.717, 1.165) is 5.82 Å². The molecule has 0 saturated heterocycles. The van der Waals surface area contributed by atoms with E-state index >= 15 is 0 Å². The Bertz CT molecular complexity index is 443. The number of nitrogens with zero attached hydrogens (tertiary/aromatic N) is 2. The van der Waals surface area contributed by atoms with Gasteiger partial charge in [0.25, 0.3) is 0 Å². The summed E-state index contributed by atoms with van der Waals surface area (Å²) in [4.78, 5) is 0. The van der Waals surface area contributed by atoms with Crippen LogP contribution in [0.15, 0.2) is 18.2 Å². The molecule has 0 spiro atoms. The van der Waals surface area contributed by atoms with Crippen molar-refractivity contribution in [1.29, 1.82) is 0 Å². The van der Waals surface area contributed by atoms with Gasteiger partial charge in [0.15, 0.2) is 5.82 Å². The normalized spacial score (nSPS) is 9.67. The van der Waals surface area contributed by atoms with E-state index < -0.39 is 0 Å². The van der Waals surface area contributed by atoms with Crippen LogP contribution < -0.4 is 5.32 Å². The Kier molecular flexibility index (Phi) is 3.72. The first kappa shape index (κ1) is 11.6. The van der Waals surface area contributed by atoms with Crippen LogP contribution in [0.5, 0.6) is 0 Å². The molecule has 0 aliphatic heterocycles. The number of aromatic nitrogens is 2. The fourth-order valence-corrected chi connectivity index (χ4v) is 1.72. The summed E-state index contributed by atoms with van der Waals surface area (Å²) in [5, 5.41) is 8.65. The van der Waals surface area contributed by atoms with Gasteiger partial charge in [0, 0.05) is 19.5 Å². The highest BCUT2D eigenvalue weighted by Crippen LogP contribution is 2.23. The van der Waals surface area contributed by atoms with Gasteiger partial charge in [-0.1, -0.05) is 26.0 Å². The summed E-state index contributed by atoms with van der Waals surface area (Å²) in [6.07, 6.45) is 0. The monoisotopic (exact) mass is 205 g/mol. The number of fused-ring (bicyclic) bond motifs is 1. The summed E-state index contributed by atoms with van der Waals surface area (Å²) < 4.78 is 1.91. The van der Waals surface area contributed by atoms with E-state index in [1.807, 2.05) is 32.6 Å². The SMILES string of the molecule is CC.CNc1nn(C)c2c(C)cccc12. The lowest BCUT2D eigenvalue weighted by Crippen LogP contribution is -1.93. The third kappa shape index (κ3) is 1.96. The molecule has 0 bridgehead atoms. The topological polar surface area (TPSA) is 29.9 Å². The first-order valence-corrected chi connectivity index (χ1v) is 5.34. The molecule has 1 aromatic carbocycles. The van der Waals surface area contributed by atoms with E-state index in [0.29, 0.717) is 0 Å². The quantitative estimate of drug-likeness (QED) is 0.775. The third-order valence-electron chi connectivity index (χ3n) is 2.30. The number of nitrogens with one attached hydrogen (secondary N) is 1. The second-order valence-electron chi connectivity index (χ2n) is 3.19. The van der Waals surface area contributed by atoms with Crippen molar-refractivity contribution in [1.82, 2.24) is 9.78 Å². The van der Waals surface area contributed by atoms with Gasteiger partial charge < -0.3 is 5.32 Å². The summed E-state index contributed by atoms with van der Waals surface area (Å²) in [6, 6.07) is 6.24. The zero-order valence-electron chi connectivity index (χ0n) is 10.1. The Morgan fingerprint density at radius 2 is 1.93 bits per heavy atom. The Labute approximate surface area is 91.1 Å². The fourth-order valence-electron chi connectivity index (χ4n) is 1.72. The van der Waals surface area contributed by atoms with Gasteiger partial charge in [-0.05, 0) is 18.6 Å². The molecule has 3 heteroatoms. The first-order valence-electron chi connectivity index (χ1n) is 5.34. The molecule has 0 atom stereocenters. The lowest BCUT2D eigenvalue weighted by molar-refractivity contribution is 0.797. The van der Waals surface area contributed by atoms with Gasteiger partial charge in [-0.25, -0.2) is 0 Å². The molecular weight excluding hydrogens is 186 g/mol. The zero-order valence-corrected chi connectivity index (χ0v) is 10.1. The molecule has 0 aliphatic rings. The largest absolute Gasteiger partial charge is 0.371 e. The summed E-state index contributed by atoms with van der Waals surface area (Å²) >= 11 is 0. The van der Waals surface area contributed by atoms with Crippen molar-refractivity contribution >= 4 is 16.7 Å². The Morgan fingerprint density at radius 3 is 2.53 bits per heavy atom. The van der Waals surface area contributed by atoms with Gasteiger partial charge in [-0.15, -0.1) is 0 Å². The van der Waals surface area contributed by atoms with E-state index in [-0.39, 0.29) is 0 Å². The zero-order chi connectivity index (χ0) is 11.4. The minimum Gasteiger partial charge on any atom is -0.371 e. The van der Waals surface area contributed by atoms with Crippen LogP contribution in [0.25, 0.3) is 10.9 Å². The lowest BCUT2D eigenvalue weighted by Gasteiger charge is -1.97. The molecule has 0 saturated carbocycles. The Hall–Kier alpha value is -1.51. The van der Waals surface area contributed by atoms with Crippen LogP contribution in [0.4, 0.5) is 5.82 Å². The van der Waals surface area contributed by atoms with Gasteiger partial charge in [0.2, 0.25) is 0 Å². The second kappa shape index (κ2) is 4.82. The molecule has 1 N–H and O–H groups in total. The van der Waals surface area contributed by atoms with Gasteiger partial charge in [-0.2, -0.15) is 5.10 Å². The summed E-state index contributed by atoms with van der Waals surface area (Å²) in [5.41, 5.74) is 2.46. The highest BCUT2D eigenvalue weighted by molar-refractivity contribution is 5.92. The van der Waals surface area contributed by atoms with Crippen molar-refractivity contribution in [3.8, 4) is 0 Å². The number of rotatable bonds is 1. The van der Waals surface area contributed by atoms with Crippen LogP contribution in [0.2, 0.25) is 0 Å². The molecule has 0 aliphatic carbocycles. The molecule has 15 heavy (non-hydrogen) atoms. The van der Waals surface area contributed by atoms with Crippen molar-refractivity contribution < 1.29 is 0 Å². The van der Waals surface area contributed by atoms with Gasteiger partial charge in [0.05, 0.1) is 5.52 Å². The molecule has 2 rings (SSSR count). The van der Waals surface area contributed by atoms with Crippen molar-refractivity contribution in [3.05, 3.63) is 23.8 Å². The summed E-state index contributed by atoms with van der Waals surface area (Å²) in [6.45, 7) is 6.10. The summed E-state index contributed by atoms with van der Waals surface area (Å²) in [7, 11) is 3.86. The highest BCUT2D eigenvalue weighted by Gasteiger charge is 2.07. The van der Waals surface area contributed by atoms with E-state index in [9.17, 15) is 0 Å². The van der Waals surface area contributed by atoms with Gasteiger partial charge >= 0.3 is 0 Å². The number of anilines is 1. The fraction of sp³-hybridized carbons (Fsp3) is 0.417. The minimum absolute atomic E-state index is 0.946. The van der Waals surface area contributed by atoms with Crippen LogP contribution in [0.1, 0.15) is 19.4 Å². The van der Waals surface area contributed by atoms with Crippen LogP contribution in [0.3, 0.4) is 0 Å². The predicted molar refractivity (Wildman–Crippen MR) is 66.3 cm³/mol. The van der Waals surface area contributed by atoms with Crippen molar-refractivity contribution in [2.45, 2.75) is 20.8 Å². The number of para-hydroxylation sites is 1. The summed E-state index contributed by atoms with van der Waals surface area (Å²) in [5.74, 6) is 0.946. The molecule has 82 valence electrons. The molecule has 2 aromatic rings. The Balaban J connectivity index is 0.000000531. The van der Waals surface area contributed by atoms with E-state index in [1.165, 1.54) is 16.5 Å². The van der Waals surface area contributed by atoms with E-state index in [1.54, 1.807) is 0 Å². The highest BCUT2D eigenvalue weighted by atomic mass is 15.3. The second-order valence-corrected chi connectivity index (χ2v) is 3.19. The predicted octanol–water partition coefficient (Wildman–Crippen LogP) is 2.95. The third-order valence-corrected chi connectivity index (χ3v) is 2.30. The van der Waals surface area contributed by atoms with Crippen LogP contribution in [-0.4, -0.2) is 16.8 Å². The smallest absolute Gasteiger partial charge is 0.155 e. The van der Waals surface area contributed by atoms with E-state index in [2.05, 4.69) is 35.5 Å². The standard InChI is InChI=1S/C10H13N3.C2H6/c1-7-5-4-6-8-9(7)13(3)12-10(8)11-2;1-2/h4-6H,1-3H3,(H,11,12);1-2H3. The van der Waals surface area contributed by atoms with Crippen molar-refractivity contribution in [3.63, 3.8) is 0 Å².